The Kier molecular flexibility index (Phi) is 6.21. The van der Waals surface area contributed by atoms with Crippen molar-refractivity contribution in [2.24, 2.45) is 0 Å². The van der Waals surface area contributed by atoms with Crippen LogP contribution in [0, 0.1) is 0 Å². The molecule has 1 aliphatic heterocycles. The van der Waals surface area contributed by atoms with E-state index in [1.54, 1.807) is 19.0 Å². The third-order valence-corrected chi connectivity index (χ3v) is 4.13. The minimum Gasteiger partial charge on any atom is -0.483 e. The van der Waals surface area contributed by atoms with Gasteiger partial charge in [0.25, 0.3) is 5.91 Å². The summed E-state index contributed by atoms with van der Waals surface area (Å²) in [7, 11) is 5.50. The molecule has 1 aliphatic rings. The zero-order valence-electron chi connectivity index (χ0n) is 13.8. The number of amides is 1. The van der Waals surface area contributed by atoms with Crippen LogP contribution >= 0.6 is 0 Å². The lowest BCUT2D eigenvalue weighted by molar-refractivity contribution is -0.130. The van der Waals surface area contributed by atoms with Gasteiger partial charge in [-0.3, -0.25) is 9.69 Å². The predicted octanol–water partition coefficient (Wildman–Crippen LogP) is 1.34. The fraction of sp³-hybridized carbons (Fsp3) is 0.588. The topological polar surface area (TPSA) is 44.8 Å². The van der Waals surface area contributed by atoms with Crippen LogP contribution in [0.4, 0.5) is 0 Å². The molecule has 5 heteroatoms. The van der Waals surface area contributed by atoms with Crippen molar-refractivity contribution in [1.29, 1.82) is 0 Å². The van der Waals surface area contributed by atoms with E-state index < -0.39 is 0 Å². The highest BCUT2D eigenvalue weighted by atomic mass is 16.5. The van der Waals surface area contributed by atoms with E-state index in [4.69, 9.17) is 4.74 Å². The number of piperidine rings is 1. The summed E-state index contributed by atoms with van der Waals surface area (Å²) < 4.78 is 5.72. The summed E-state index contributed by atoms with van der Waals surface area (Å²) in [5, 5.41) is 3.36. The standard InChI is InChI=1S/C17H27N3O2/c1-18-15-8-6-10-20(12-15)11-14-7-4-5-9-16(14)22-13-17(21)19(2)3/h4-5,7,9,15,18H,6,8,10-13H2,1-3H3. The molecule has 0 radical (unpaired) electrons. The molecule has 122 valence electrons. The Morgan fingerprint density at radius 2 is 2.18 bits per heavy atom. The quantitative estimate of drug-likeness (QED) is 0.861. The number of nitrogens with zero attached hydrogens (tertiary/aromatic N) is 2. The van der Waals surface area contributed by atoms with Crippen molar-refractivity contribution in [3.8, 4) is 5.75 Å². The van der Waals surface area contributed by atoms with Crippen LogP contribution in [-0.2, 0) is 11.3 Å². The SMILES string of the molecule is CNC1CCCN(Cc2ccccc2OCC(=O)N(C)C)C1. The van der Waals surface area contributed by atoms with E-state index in [9.17, 15) is 4.79 Å². The Morgan fingerprint density at radius 1 is 1.41 bits per heavy atom. The third-order valence-electron chi connectivity index (χ3n) is 4.13. The van der Waals surface area contributed by atoms with Gasteiger partial charge in [-0.15, -0.1) is 0 Å². The summed E-state index contributed by atoms with van der Waals surface area (Å²) in [4.78, 5) is 15.7. The summed E-state index contributed by atoms with van der Waals surface area (Å²) in [6.45, 7) is 3.12. The number of hydrogen-bond donors (Lipinski definition) is 1. The molecule has 0 bridgehead atoms. The second-order valence-corrected chi connectivity index (χ2v) is 6.05. The number of hydrogen-bond acceptors (Lipinski definition) is 4. The van der Waals surface area contributed by atoms with Gasteiger partial charge in [0.1, 0.15) is 5.75 Å². The fourth-order valence-electron chi connectivity index (χ4n) is 2.72. The van der Waals surface area contributed by atoms with Crippen molar-refractivity contribution < 1.29 is 9.53 Å². The Balaban J connectivity index is 1.97. The number of carbonyl (C=O) groups excluding carboxylic acids is 1. The van der Waals surface area contributed by atoms with Gasteiger partial charge in [-0.2, -0.15) is 0 Å². The molecule has 0 aliphatic carbocycles. The van der Waals surface area contributed by atoms with Gasteiger partial charge < -0.3 is 15.0 Å². The van der Waals surface area contributed by atoms with Gasteiger partial charge in [0.05, 0.1) is 0 Å². The number of nitrogens with one attached hydrogen (secondary N) is 1. The van der Waals surface area contributed by atoms with Gasteiger partial charge in [0.2, 0.25) is 0 Å². The third kappa shape index (κ3) is 4.71. The van der Waals surface area contributed by atoms with Gasteiger partial charge in [-0.25, -0.2) is 0 Å². The van der Waals surface area contributed by atoms with Gasteiger partial charge in [-0.05, 0) is 32.5 Å². The Hall–Kier alpha value is -1.59. The van der Waals surface area contributed by atoms with E-state index in [1.807, 2.05) is 25.2 Å². The Bertz CT molecular complexity index is 491. The lowest BCUT2D eigenvalue weighted by Gasteiger charge is -2.32. The van der Waals surface area contributed by atoms with Gasteiger partial charge in [0, 0.05) is 38.8 Å². The molecular weight excluding hydrogens is 278 g/mol. The zero-order valence-corrected chi connectivity index (χ0v) is 13.8. The van der Waals surface area contributed by atoms with E-state index >= 15 is 0 Å². The van der Waals surface area contributed by atoms with Gasteiger partial charge >= 0.3 is 0 Å². The normalized spacial score (nSPS) is 19.0. The number of likely N-dealkylation sites (tertiary alicyclic amines) is 1. The fourth-order valence-corrected chi connectivity index (χ4v) is 2.72. The minimum atomic E-state index is -0.0250. The second kappa shape index (κ2) is 8.15. The van der Waals surface area contributed by atoms with E-state index in [0.717, 1.165) is 30.9 Å². The van der Waals surface area contributed by atoms with Crippen molar-refractivity contribution in [3.63, 3.8) is 0 Å². The molecule has 2 rings (SSSR count). The molecule has 22 heavy (non-hydrogen) atoms. The smallest absolute Gasteiger partial charge is 0.259 e. The van der Waals surface area contributed by atoms with Crippen LogP contribution in [0.5, 0.6) is 5.75 Å². The van der Waals surface area contributed by atoms with Crippen LogP contribution in [-0.4, -0.2) is 62.6 Å². The number of carbonyl (C=O) groups is 1. The van der Waals surface area contributed by atoms with Crippen molar-refractivity contribution in [2.45, 2.75) is 25.4 Å². The number of benzene rings is 1. The number of ether oxygens (including phenoxy) is 1. The molecule has 0 saturated carbocycles. The number of para-hydroxylation sites is 1. The van der Waals surface area contributed by atoms with Crippen molar-refractivity contribution in [3.05, 3.63) is 29.8 Å². The maximum absolute atomic E-state index is 11.7. The minimum absolute atomic E-state index is 0.0250. The molecule has 0 spiro atoms. The monoisotopic (exact) mass is 305 g/mol. The van der Waals surface area contributed by atoms with Crippen LogP contribution in [0.25, 0.3) is 0 Å². The van der Waals surface area contributed by atoms with Crippen molar-refractivity contribution >= 4 is 5.91 Å². The zero-order chi connectivity index (χ0) is 15.9. The molecule has 1 N–H and O–H groups in total. The van der Waals surface area contributed by atoms with Gasteiger partial charge in [0.15, 0.2) is 6.61 Å². The van der Waals surface area contributed by atoms with Gasteiger partial charge in [-0.1, -0.05) is 18.2 Å². The predicted molar refractivity (Wildman–Crippen MR) is 88.0 cm³/mol. The highest BCUT2D eigenvalue weighted by Crippen LogP contribution is 2.22. The Morgan fingerprint density at radius 3 is 2.91 bits per heavy atom. The molecule has 1 aromatic carbocycles. The molecule has 1 aromatic rings. The summed E-state index contributed by atoms with van der Waals surface area (Å²) in [6.07, 6.45) is 2.45. The van der Waals surface area contributed by atoms with Crippen LogP contribution in [0.1, 0.15) is 18.4 Å². The first-order valence-corrected chi connectivity index (χ1v) is 7.90. The first kappa shape index (κ1) is 16.8. The molecule has 1 atom stereocenters. The van der Waals surface area contributed by atoms with Crippen LogP contribution < -0.4 is 10.1 Å². The number of likely N-dealkylation sites (N-methyl/N-ethyl adjacent to an activating group) is 2. The summed E-state index contributed by atoms with van der Waals surface area (Å²) in [6, 6.07) is 8.56. The molecule has 0 aromatic heterocycles. The molecule has 1 fully saturated rings. The summed E-state index contributed by atoms with van der Waals surface area (Å²) in [5.41, 5.74) is 1.14. The first-order chi connectivity index (χ1) is 10.6. The van der Waals surface area contributed by atoms with E-state index in [0.29, 0.717) is 6.04 Å². The average molecular weight is 305 g/mol. The largest absolute Gasteiger partial charge is 0.483 e. The van der Waals surface area contributed by atoms with E-state index in [-0.39, 0.29) is 12.5 Å². The first-order valence-electron chi connectivity index (χ1n) is 7.90. The highest BCUT2D eigenvalue weighted by Gasteiger charge is 2.19. The maximum Gasteiger partial charge on any atom is 0.259 e. The highest BCUT2D eigenvalue weighted by molar-refractivity contribution is 5.77. The summed E-state index contributed by atoms with van der Waals surface area (Å²) >= 11 is 0. The molecule has 1 heterocycles. The second-order valence-electron chi connectivity index (χ2n) is 6.05. The average Bonchev–Trinajstić information content (AvgIpc) is 2.53. The van der Waals surface area contributed by atoms with Crippen LogP contribution in [0.3, 0.4) is 0 Å². The van der Waals surface area contributed by atoms with Crippen molar-refractivity contribution in [2.75, 3.05) is 40.8 Å². The molecule has 1 amide bonds. The lowest BCUT2D eigenvalue weighted by atomic mass is 10.0. The van der Waals surface area contributed by atoms with E-state index in [2.05, 4.69) is 16.3 Å². The Labute approximate surface area is 133 Å². The lowest BCUT2D eigenvalue weighted by Crippen LogP contribution is -2.43. The molecule has 1 saturated heterocycles. The van der Waals surface area contributed by atoms with Crippen LogP contribution in [0.15, 0.2) is 24.3 Å². The summed E-state index contributed by atoms with van der Waals surface area (Å²) in [5.74, 6) is 0.785. The maximum atomic E-state index is 11.7. The van der Waals surface area contributed by atoms with E-state index in [1.165, 1.54) is 12.8 Å². The van der Waals surface area contributed by atoms with Crippen LogP contribution in [0.2, 0.25) is 0 Å². The molecular formula is C17H27N3O2. The number of rotatable bonds is 6. The van der Waals surface area contributed by atoms with Crippen molar-refractivity contribution in [1.82, 2.24) is 15.1 Å². The molecule has 1 unspecified atom stereocenters. The molecule has 5 nitrogen and oxygen atoms in total.